The zero-order valence-electron chi connectivity index (χ0n) is 17.8. The lowest BCUT2D eigenvalue weighted by Gasteiger charge is -2.19. The van der Waals surface area contributed by atoms with Crippen LogP contribution in [0.1, 0.15) is 29.7 Å². The number of rotatable bonds is 8. The summed E-state index contributed by atoms with van der Waals surface area (Å²) in [4.78, 5) is 21.4. The molecular weight excluding hydrogens is 411 g/mol. The molecule has 4 rings (SSSR count). The number of imidazole rings is 1. The van der Waals surface area contributed by atoms with Crippen LogP contribution in [0.2, 0.25) is 0 Å². The number of halogens is 1. The van der Waals surface area contributed by atoms with Crippen molar-refractivity contribution in [3.8, 4) is 17.1 Å². The van der Waals surface area contributed by atoms with Gasteiger partial charge in [0.2, 0.25) is 5.91 Å². The first-order valence-electron chi connectivity index (χ1n) is 10.2. The molecule has 164 valence electrons. The molecular formula is C24H23FN4O3. The van der Waals surface area contributed by atoms with Crippen molar-refractivity contribution in [3.05, 3.63) is 90.2 Å². The number of nitrogens with zero attached hydrogens (tertiary/aromatic N) is 3. The summed E-state index contributed by atoms with van der Waals surface area (Å²) < 4.78 is 26.8. The summed E-state index contributed by atoms with van der Waals surface area (Å²) in [6, 6.07) is 13.4. The summed E-state index contributed by atoms with van der Waals surface area (Å²) >= 11 is 0. The van der Waals surface area contributed by atoms with E-state index in [0.717, 1.165) is 5.56 Å². The standard InChI is InChI=1S/C24H23FN4O3/c1-29-13-12-26-24(29)23(16-6-5-7-17(14-16)31-2)28-21(30)10-11-22-27-15-20(32-22)18-8-3-4-9-19(18)25/h3-9,12-15,23H,10-11H2,1-2H3,(H,28,30)/t23-/m1/s1. The van der Waals surface area contributed by atoms with Gasteiger partial charge in [-0.05, 0) is 29.8 Å². The van der Waals surface area contributed by atoms with Crippen LogP contribution in [0, 0.1) is 5.82 Å². The Bertz CT molecular complexity index is 1220. The number of aromatic nitrogens is 3. The van der Waals surface area contributed by atoms with Crippen LogP contribution in [-0.2, 0) is 18.3 Å². The number of benzene rings is 2. The van der Waals surface area contributed by atoms with E-state index in [2.05, 4.69) is 15.3 Å². The van der Waals surface area contributed by atoms with Crippen LogP contribution in [0.5, 0.6) is 5.75 Å². The van der Waals surface area contributed by atoms with Gasteiger partial charge < -0.3 is 19.0 Å². The van der Waals surface area contributed by atoms with E-state index in [4.69, 9.17) is 9.15 Å². The largest absolute Gasteiger partial charge is 0.497 e. The molecule has 4 aromatic rings. The topological polar surface area (TPSA) is 82.2 Å². The van der Waals surface area contributed by atoms with E-state index in [0.29, 0.717) is 28.8 Å². The van der Waals surface area contributed by atoms with E-state index in [1.165, 1.54) is 12.3 Å². The molecule has 2 aromatic heterocycles. The van der Waals surface area contributed by atoms with Gasteiger partial charge >= 0.3 is 0 Å². The monoisotopic (exact) mass is 434 g/mol. The molecule has 0 spiro atoms. The van der Waals surface area contributed by atoms with Gasteiger partial charge in [-0.25, -0.2) is 14.4 Å². The number of carbonyl (C=O) groups excluding carboxylic acids is 1. The summed E-state index contributed by atoms with van der Waals surface area (Å²) in [6.45, 7) is 0. The first-order chi connectivity index (χ1) is 15.5. The van der Waals surface area contributed by atoms with Gasteiger partial charge in [0.15, 0.2) is 11.7 Å². The molecule has 7 nitrogen and oxygen atoms in total. The smallest absolute Gasteiger partial charge is 0.221 e. The summed E-state index contributed by atoms with van der Waals surface area (Å²) in [5, 5.41) is 3.04. The second-order valence-electron chi connectivity index (χ2n) is 7.27. The van der Waals surface area contributed by atoms with Gasteiger partial charge in [-0.15, -0.1) is 0 Å². The van der Waals surface area contributed by atoms with E-state index < -0.39 is 6.04 Å². The van der Waals surface area contributed by atoms with Gasteiger partial charge in [0.25, 0.3) is 0 Å². The predicted molar refractivity (Wildman–Crippen MR) is 116 cm³/mol. The van der Waals surface area contributed by atoms with Gasteiger partial charge in [0.1, 0.15) is 23.4 Å². The molecule has 0 saturated heterocycles. The molecule has 2 aromatic carbocycles. The number of nitrogens with one attached hydrogen (secondary N) is 1. The molecule has 0 fully saturated rings. The first kappa shape index (κ1) is 21.3. The van der Waals surface area contributed by atoms with Crippen molar-refractivity contribution in [1.29, 1.82) is 0 Å². The van der Waals surface area contributed by atoms with Crippen LogP contribution in [0.25, 0.3) is 11.3 Å². The Morgan fingerprint density at radius 2 is 2.06 bits per heavy atom. The Balaban J connectivity index is 1.46. The van der Waals surface area contributed by atoms with Crippen molar-refractivity contribution >= 4 is 5.91 Å². The van der Waals surface area contributed by atoms with Gasteiger partial charge in [-0.2, -0.15) is 0 Å². The number of hydrogen-bond donors (Lipinski definition) is 1. The quantitative estimate of drug-likeness (QED) is 0.452. The molecule has 1 atom stereocenters. The van der Waals surface area contributed by atoms with E-state index in [-0.39, 0.29) is 24.6 Å². The van der Waals surface area contributed by atoms with Crippen molar-refractivity contribution in [3.63, 3.8) is 0 Å². The van der Waals surface area contributed by atoms with Crippen molar-refractivity contribution < 1.29 is 18.3 Å². The fourth-order valence-corrected chi connectivity index (χ4v) is 3.44. The Morgan fingerprint density at radius 1 is 1.22 bits per heavy atom. The highest BCUT2D eigenvalue weighted by atomic mass is 19.1. The molecule has 0 aliphatic rings. The third-order valence-electron chi connectivity index (χ3n) is 5.11. The summed E-state index contributed by atoms with van der Waals surface area (Å²) in [5.41, 5.74) is 1.19. The van der Waals surface area contributed by atoms with Gasteiger partial charge in [-0.3, -0.25) is 4.79 Å². The summed E-state index contributed by atoms with van der Waals surface area (Å²) in [6.07, 6.45) is 5.42. The number of methoxy groups -OCH3 is 1. The molecule has 1 amide bonds. The van der Waals surface area contributed by atoms with Gasteiger partial charge in [-0.1, -0.05) is 24.3 Å². The highest BCUT2D eigenvalue weighted by molar-refractivity contribution is 5.77. The predicted octanol–water partition coefficient (Wildman–Crippen LogP) is 4.06. The molecule has 0 aliphatic carbocycles. The van der Waals surface area contributed by atoms with E-state index >= 15 is 0 Å². The van der Waals surface area contributed by atoms with E-state index in [1.54, 1.807) is 31.5 Å². The minimum atomic E-state index is -0.448. The van der Waals surface area contributed by atoms with Crippen LogP contribution in [0.15, 0.2) is 71.5 Å². The highest BCUT2D eigenvalue weighted by Gasteiger charge is 2.21. The van der Waals surface area contributed by atoms with E-state index in [9.17, 15) is 9.18 Å². The Hall–Kier alpha value is -3.94. The zero-order valence-corrected chi connectivity index (χ0v) is 17.8. The fraction of sp³-hybridized carbons (Fsp3) is 0.208. The van der Waals surface area contributed by atoms with Crippen LogP contribution in [0.3, 0.4) is 0 Å². The van der Waals surface area contributed by atoms with Crippen molar-refractivity contribution in [2.45, 2.75) is 18.9 Å². The molecule has 32 heavy (non-hydrogen) atoms. The molecule has 1 N–H and O–H groups in total. The SMILES string of the molecule is COc1cccc([C@@H](NC(=O)CCc2ncc(-c3ccccc3F)o2)c2nccn2C)c1. The number of amides is 1. The summed E-state index contributed by atoms with van der Waals surface area (Å²) in [5.74, 6) is 1.52. The lowest BCUT2D eigenvalue weighted by molar-refractivity contribution is -0.121. The Morgan fingerprint density at radius 3 is 2.81 bits per heavy atom. The third-order valence-corrected chi connectivity index (χ3v) is 5.11. The van der Waals surface area contributed by atoms with Crippen LogP contribution < -0.4 is 10.1 Å². The lowest BCUT2D eigenvalue weighted by atomic mass is 10.1. The van der Waals surface area contributed by atoms with Gasteiger partial charge in [0, 0.05) is 32.3 Å². The number of carbonyl (C=O) groups is 1. The molecule has 0 bridgehead atoms. The average Bonchev–Trinajstić information content (AvgIpc) is 3.45. The maximum absolute atomic E-state index is 14.0. The number of ether oxygens (including phenoxy) is 1. The molecule has 0 saturated carbocycles. The molecule has 0 aliphatic heterocycles. The number of oxazole rings is 1. The van der Waals surface area contributed by atoms with Crippen LogP contribution in [-0.4, -0.2) is 27.6 Å². The Labute approximate surface area is 184 Å². The number of aryl methyl sites for hydroxylation is 2. The van der Waals surface area contributed by atoms with Crippen molar-refractivity contribution in [2.24, 2.45) is 7.05 Å². The molecule has 2 heterocycles. The van der Waals surface area contributed by atoms with Crippen molar-refractivity contribution in [2.75, 3.05) is 7.11 Å². The maximum atomic E-state index is 14.0. The van der Waals surface area contributed by atoms with Crippen LogP contribution >= 0.6 is 0 Å². The summed E-state index contributed by atoms with van der Waals surface area (Å²) in [7, 11) is 3.47. The maximum Gasteiger partial charge on any atom is 0.221 e. The second kappa shape index (κ2) is 9.47. The minimum absolute atomic E-state index is 0.155. The van der Waals surface area contributed by atoms with Crippen LogP contribution in [0.4, 0.5) is 4.39 Å². The van der Waals surface area contributed by atoms with Crippen molar-refractivity contribution in [1.82, 2.24) is 19.9 Å². The molecule has 8 heteroatoms. The van der Waals surface area contributed by atoms with Gasteiger partial charge in [0.05, 0.1) is 18.9 Å². The zero-order chi connectivity index (χ0) is 22.5. The second-order valence-corrected chi connectivity index (χ2v) is 7.27. The average molecular weight is 434 g/mol. The minimum Gasteiger partial charge on any atom is -0.497 e. The molecule has 0 radical (unpaired) electrons. The Kier molecular flexibility index (Phi) is 6.30. The van der Waals surface area contributed by atoms with E-state index in [1.807, 2.05) is 42.1 Å². The molecule has 0 unspecified atom stereocenters. The third kappa shape index (κ3) is 4.69. The highest BCUT2D eigenvalue weighted by Crippen LogP contribution is 2.25. The fourth-order valence-electron chi connectivity index (χ4n) is 3.44. The first-order valence-corrected chi connectivity index (χ1v) is 10.2. The normalized spacial score (nSPS) is 11.8. The number of hydrogen-bond acceptors (Lipinski definition) is 5. The lowest BCUT2D eigenvalue weighted by Crippen LogP contribution is -2.31.